The molecule has 0 amide bonds. The number of rotatable bonds is 4. The molecule has 0 aromatic heterocycles. The third-order valence-corrected chi connectivity index (χ3v) is 6.61. The van der Waals surface area contributed by atoms with Crippen molar-refractivity contribution in [3.05, 3.63) is 23.8 Å². The van der Waals surface area contributed by atoms with Gasteiger partial charge in [-0.1, -0.05) is 12.5 Å². The van der Waals surface area contributed by atoms with Crippen LogP contribution >= 0.6 is 0 Å². The summed E-state index contributed by atoms with van der Waals surface area (Å²) in [6, 6.07) is 11.5. The van der Waals surface area contributed by atoms with Crippen LogP contribution in [0.15, 0.2) is 18.2 Å². The Bertz CT molecular complexity index is 1010. The fourth-order valence-corrected chi connectivity index (χ4v) is 5.26. The van der Waals surface area contributed by atoms with E-state index in [1.807, 2.05) is 6.92 Å². The summed E-state index contributed by atoms with van der Waals surface area (Å²) in [5, 5.41) is 39.4. The number of fused-ring (bicyclic) bond motifs is 2. The Kier molecular flexibility index (Phi) is 4.60. The van der Waals surface area contributed by atoms with Crippen LogP contribution in [0.25, 0.3) is 0 Å². The Hall–Kier alpha value is -3.28. The van der Waals surface area contributed by atoms with Gasteiger partial charge in [0.05, 0.1) is 37.8 Å². The van der Waals surface area contributed by atoms with Crippen LogP contribution in [0.2, 0.25) is 0 Å². The van der Waals surface area contributed by atoms with Crippen molar-refractivity contribution in [2.24, 2.45) is 16.7 Å². The molecule has 4 atom stereocenters. The van der Waals surface area contributed by atoms with Crippen molar-refractivity contribution >= 4 is 5.90 Å². The van der Waals surface area contributed by atoms with Crippen LogP contribution in [0.1, 0.15) is 44.3 Å². The second-order valence-electron chi connectivity index (χ2n) is 7.83. The molecule has 2 bridgehead atoms. The zero-order valence-electron chi connectivity index (χ0n) is 16.9. The zero-order valence-corrected chi connectivity index (χ0v) is 16.9. The lowest BCUT2D eigenvalue weighted by molar-refractivity contribution is -0.360. The van der Waals surface area contributed by atoms with Gasteiger partial charge in [0, 0.05) is 6.42 Å². The van der Waals surface area contributed by atoms with Crippen LogP contribution in [0, 0.1) is 56.2 Å². The molecule has 3 aliphatic heterocycles. The van der Waals surface area contributed by atoms with E-state index in [1.54, 1.807) is 18.2 Å². The first kappa shape index (κ1) is 20.0. The highest BCUT2D eigenvalue weighted by molar-refractivity contribution is 5.89. The van der Waals surface area contributed by atoms with Crippen molar-refractivity contribution in [2.75, 3.05) is 13.7 Å². The summed E-state index contributed by atoms with van der Waals surface area (Å²) >= 11 is 0. The molecule has 3 saturated heterocycles. The number of nitrogens with zero attached hydrogens (tertiary/aromatic N) is 3. The number of nitriles is 3. The van der Waals surface area contributed by atoms with Gasteiger partial charge in [0.25, 0.3) is 0 Å². The quantitative estimate of drug-likeness (QED) is 0.807. The Morgan fingerprint density at radius 3 is 2.57 bits per heavy atom. The lowest BCUT2D eigenvalue weighted by Crippen LogP contribution is -2.73. The minimum absolute atomic E-state index is 0.379. The molecule has 1 saturated carbocycles. The lowest BCUT2D eigenvalue weighted by Gasteiger charge is -2.63. The molecule has 154 valence electrons. The predicted molar refractivity (Wildman–Crippen MR) is 103 cm³/mol. The van der Waals surface area contributed by atoms with Crippen molar-refractivity contribution in [1.29, 1.82) is 21.2 Å². The number of hydrogen-bond acceptors (Lipinski definition) is 8. The Labute approximate surface area is 175 Å². The SMILES string of the molecule is CCOc1ccc([C@@H]2O[C@@]34CCCC[C@@H]3C(C#N)(C#N)[C@@]2(C#N)C(=N)O4)cc1OC. The maximum Gasteiger partial charge on any atom is 0.218 e. The van der Waals surface area contributed by atoms with Crippen LogP contribution in [0.5, 0.6) is 11.5 Å². The van der Waals surface area contributed by atoms with E-state index in [1.165, 1.54) is 7.11 Å². The molecule has 8 nitrogen and oxygen atoms in total. The zero-order chi connectivity index (χ0) is 21.6. The largest absolute Gasteiger partial charge is 0.493 e. The standard InChI is InChI=1S/C22H22N4O4/c1-3-28-15-8-7-14(10-16(15)27-2)18-21(13-25)19(26)30-22(29-18)9-5-4-6-17(22)20(21,11-23)12-24/h7-8,10,17-18,26H,3-6,9H2,1-2H3/t17-,18+,21-,22-/m1/s1. The second kappa shape index (κ2) is 6.90. The Balaban J connectivity index is 1.94. The fourth-order valence-electron chi connectivity index (χ4n) is 5.26. The van der Waals surface area contributed by atoms with E-state index in [9.17, 15) is 15.8 Å². The summed E-state index contributed by atoms with van der Waals surface area (Å²) in [4.78, 5) is 0. The maximum atomic E-state index is 10.3. The molecule has 0 unspecified atom stereocenters. The summed E-state index contributed by atoms with van der Waals surface area (Å²) < 4.78 is 23.3. The van der Waals surface area contributed by atoms with Crippen molar-refractivity contribution in [3.63, 3.8) is 0 Å². The summed E-state index contributed by atoms with van der Waals surface area (Å²) in [6.07, 6.45) is 1.55. The highest BCUT2D eigenvalue weighted by atomic mass is 16.7. The Morgan fingerprint density at radius 2 is 1.93 bits per heavy atom. The van der Waals surface area contributed by atoms with Crippen LogP contribution in [-0.2, 0) is 9.47 Å². The van der Waals surface area contributed by atoms with Crippen molar-refractivity contribution in [3.8, 4) is 29.7 Å². The molecule has 5 rings (SSSR count). The van der Waals surface area contributed by atoms with Crippen LogP contribution in [0.3, 0.4) is 0 Å². The molecule has 4 fully saturated rings. The predicted octanol–water partition coefficient (Wildman–Crippen LogP) is 3.60. The van der Waals surface area contributed by atoms with Crippen molar-refractivity contribution < 1.29 is 18.9 Å². The molecule has 1 spiro atoms. The maximum absolute atomic E-state index is 10.3. The van der Waals surface area contributed by atoms with Crippen LogP contribution in [0.4, 0.5) is 0 Å². The van der Waals surface area contributed by atoms with Gasteiger partial charge in [-0.25, -0.2) is 0 Å². The molecule has 1 aliphatic carbocycles. The summed E-state index contributed by atoms with van der Waals surface area (Å²) in [5.74, 6) is -1.28. The number of nitrogens with one attached hydrogen (secondary N) is 1. The summed E-state index contributed by atoms with van der Waals surface area (Å²) in [7, 11) is 1.51. The molecule has 8 heteroatoms. The summed E-state index contributed by atoms with van der Waals surface area (Å²) in [5.41, 5.74) is -3.12. The van der Waals surface area contributed by atoms with Gasteiger partial charge in [-0.05, 0) is 37.5 Å². The van der Waals surface area contributed by atoms with E-state index < -0.39 is 28.6 Å². The fraction of sp³-hybridized carbons (Fsp3) is 0.545. The van der Waals surface area contributed by atoms with Gasteiger partial charge in [-0.2, -0.15) is 15.8 Å². The molecule has 30 heavy (non-hydrogen) atoms. The van der Waals surface area contributed by atoms with Gasteiger partial charge in [0.1, 0.15) is 6.10 Å². The topological polar surface area (TPSA) is 132 Å². The van der Waals surface area contributed by atoms with E-state index in [-0.39, 0.29) is 5.90 Å². The number of hydrogen-bond donors (Lipinski definition) is 1. The van der Waals surface area contributed by atoms with Gasteiger partial charge < -0.3 is 18.9 Å². The molecule has 4 aliphatic rings. The number of benzene rings is 1. The van der Waals surface area contributed by atoms with Gasteiger partial charge in [0.2, 0.25) is 11.7 Å². The molecule has 1 N–H and O–H groups in total. The van der Waals surface area contributed by atoms with E-state index in [0.29, 0.717) is 36.5 Å². The average Bonchev–Trinajstić information content (AvgIpc) is 2.77. The van der Waals surface area contributed by atoms with E-state index >= 15 is 0 Å². The molecule has 3 heterocycles. The van der Waals surface area contributed by atoms with Gasteiger partial charge in [0.15, 0.2) is 22.3 Å². The van der Waals surface area contributed by atoms with E-state index in [4.69, 9.17) is 24.4 Å². The number of methoxy groups -OCH3 is 1. The number of ether oxygens (including phenoxy) is 4. The van der Waals surface area contributed by atoms with Gasteiger partial charge in [-0.15, -0.1) is 0 Å². The second-order valence-corrected chi connectivity index (χ2v) is 7.83. The Morgan fingerprint density at radius 1 is 1.17 bits per heavy atom. The minimum Gasteiger partial charge on any atom is -0.493 e. The minimum atomic E-state index is -1.89. The third-order valence-electron chi connectivity index (χ3n) is 6.61. The first-order chi connectivity index (χ1) is 14.5. The molecule has 1 aromatic rings. The molecular weight excluding hydrogens is 384 g/mol. The normalized spacial score (nSPS) is 33.2. The monoisotopic (exact) mass is 406 g/mol. The first-order valence-electron chi connectivity index (χ1n) is 9.99. The molecular formula is C22H22N4O4. The van der Waals surface area contributed by atoms with E-state index in [0.717, 1.165) is 12.8 Å². The van der Waals surface area contributed by atoms with Gasteiger partial charge in [-0.3, -0.25) is 5.41 Å². The lowest BCUT2D eigenvalue weighted by atomic mass is 9.48. The third kappa shape index (κ3) is 2.24. The molecule has 1 aromatic carbocycles. The van der Waals surface area contributed by atoms with Crippen molar-refractivity contribution in [2.45, 2.75) is 44.5 Å². The first-order valence-corrected chi connectivity index (χ1v) is 9.99. The van der Waals surface area contributed by atoms with E-state index in [2.05, 4.69) is 18.2 Å². The van der Waals surface area contributed by atoms with Gasteiger partial charge >= 0.3 is 0 Å². The van der Waals surface area contributed by atoms with Crippen LogP contribution < -0.4 is 9.47 Å². The van der Waals surface area contributed by atoms with Crippen LogP contribution in [-0.4, -0.2) is 25.4 Å². The summed E-state index contributed by atoms with van der Waals surface area (Å²) in [6.45, 7) is 2.31. The molecule has 0 radical (unpaired) electrons. The smallest absolute Gasteiger partial charge is 0.218 e. The highest BCUT2D eigenvalue weighted by Crippen LogP contribution is 2.69. The highest BCUT2D eigenvalue weighted by Gasteiger charge is 2.80. The average molecular weight is 406 g/mol. The van der Waals surface area contributed by atoms with Crippen molar-refractivity contribution in [1.82, 2.24) is 0 Å².